The van der Waals surface area contributed by atoms with E-state index < -0.39 is 0 Å². The average Bonchev–Trinajstić information content (AvgIpc) is 3.39. The number of piperidine rings is 1. The van der Waals surface area contributed by atoms with Gasteiger partial charge in [0.1, 0.15) is 12.4 Å². The summed E-state index contributed by atoms with van der Waals surface area (Å²) in [6.45, 7) is 4.39. The third kappa shape index (κ3) is 3.78. The Balaban J connectivity index is 1.34. The Morgan fingerprint density at radius 1 is 1.04 bits per heavy atom. The third-order valence-corrected chi connectivity index (χ3v) is 5.49. The largest absolute Gasteiger partial charge is 0.489 e. The lowest BCUT2D eigenvalue weighted by Crippen LogP contribution is -2.46. The van der Waals surface area contributed by atoms with Gasteiger partial charge in [-0.05, 0) is 57.0 Å². The zero-order valence-corrected chi connectivity index (χ0v) is 15.1. The molecule has 2 aliphatic heterocycles. The fraction of sp³-hybridized carbons (Fsp3) is 0.476. The molecule has 3 heterocycles. The van der Waals surface area contributed by atoms with Crippen LogP contribution in [0, 0.1) is 0 Å². The van der Waals surface area contributed by atoms with E-state index in [0.717, 1.165) is 37.2 Å². The molecule has 26 heavy (non-hydrogen) atoms. The van der Waals surface area contributed by atoms with Gasteiger partial charge in [-0.15, -0.1) is 0 Å². The van der Waals surface area contributed by atoms with Gasteiger partial charge in [0.15, 0.2) is 5.76 Å². The van der Waals surface area contributed by atoms with Crippen LogP contribution >= 0.6 is 0 Å². The first-order valence-electron chi connectivity index (χ1n) is 9.59. The number of carbonyl (C=O) groups excluding carboxylic acids is 1. The van der Waals surface area contributed by atoms with Crippen molar-refractivity contribution in [2.45, 2.75) is 38.3 Å². The predicted octanol–water partition coefficient (Wildman–Crippen LogP) is 3.56. The molecular weight excluding hydrogens is 328 g/mol. The molecule has 2 fully saturated rings. The summed E-state index contributed by atoms with van der Waals surface area (Å²) in [5, 5.41) is 0. The Kier molecular flexibility index (Phi) is 5.25. The van der Waals surface area contributed by atoms with E-state index in [1.54, 1.807) is 6.26 Å². The van der Waals surface area contributed by atoms with Crippen LogP contribution in [0.15, 0.2) is 47.1 Å². The first-order valence-corrected chi connectivity index (χ1v) is 9.59. The normalized spacial score (nSPS) is 19.0. The van der Waals surface area contributed by atoms with Gasteiger partial charge in [0.2, 0.25) is 0 Å². The summed E-state index contributed by atoms with van der Waals surface area (Å²) in [6, 6.07) is 12.1. The van der Waals surface area contributed by atoms with E-state index in [1.165, 1.54) is 25.9 Å². The van der Waals surface area contributed by atoms with Crippen LogP contribution in [0.1, 0.15) is 41.8 Å². The van der Waals surface area contributed by atoms with Gasteiger partial charge in [0.05, 0.1) is 6.26 Å². The second-order valence-corrected chi connectivity index (χ2v) is 7.14. The summed E-state index contributed by atoms with van der Waals surface area (Å²) in [6.07, 6.45) is 6.32. The highest BCUT2D eigenvalue weighted by atomic mass is 16.5. The van der Waals surface area contributed by atoms with Crippen LogP contribution in [0.25, 0.3) is 0 Å². The molecule has 4 rings (SSSR count). The molecule has 0 unspecified atom stereocenters. The van der Waals surface area contributed by atoms with Gasteiger partial charge in [-0.2, -0.15) is 0 Å². The van der Waals surface area contributed by atoms with Crippen LogP contribution < -0.4 is 4.74 Å². The zero-order valence-electron chi connectivity index (χ0n) is 15.1. The molecule has 0 bridgehead atoms. The van der Waals surface area contributed by atoms with Crippen LogP contribution in [0.3, 0.4) is 0 Å². The number of benzene rings is 1. The van der Waals surface area contributed by atoms with Gasteiger partial charge in [0, 0.05) is 24.7 Å². The number of hydrogen-bond acceptors (Lipinski definition) is 4. The number of para-hydroxylation sites is 1. The minimum absolute atomic E-state index is 0.0125. The molecule has 2 aliphatic rings. The molecule has 5 nitrogen and oxygen atoms in total. The second kappa shape index (κ2) is 7.96. The van der Waals surface area contributed by atoms with Gasteiger partial charge in [-0.25, -0.2) is 0 Å². The summed E-state index contributed by atoms with van der Waals surface area (Å²) in [4.78, 5) is 17.4. The van der Waals surface area contributed by atoms with E-state index in [9.17, 15) is 4.79 Å². The zero-order chi connectivity index (χ0) is 17.8. The highest BCUT2D eigenvalue weighted by Gasteiger charge is 2.30. The number of furan rings is 1. The molecule has 0 aliphatic carbocycles. The molecule has 2 saturated heterocycles. The van der Waals surface area contributed by atoms with Gasteiger partial charge < -0.3 is 19.0 Å². The van der Waals surface area contributed by atoms with Crippen LogP contribution in [0.5, 0.6) is 5.75 Å². The van der Waals surface area contributed by atoms with Crippen molar-refractivity contribution in [3.63, 3.8) is 0 Å². The number of carbonyl (C=O) groups is 1. The number of amides is 1. The van der Waals surface area contributed by atoms with Crippen molar-refractivity contribution in [2.75, 3.05) is 26.2 Å². The quantitative estimate of drug-likeness (QED) is 0.824. The Bertz CT molecular complexity index is 714. The van der Waals surface area contributed by atoms with Gasteiger partial charge >= 0.3 is 0 Å². The molecule has 0 N–H and O–H groups in total. The second-order valence-electron chi connectivity index (χ2n) is 7.14. The summed E-state index contributed by atoms with van der Waals surface area (Å²) >= 11 is 0. The smallest absolute Gasteiger partial charge is 0.289 e. The fourth-order valence-corrected chi connectivity index (χ4v) is 4.00. The molecule has 5 heteroatoms. The van der Waals surface area contributed by atoms with Crippen LogP contribution in [0.2, 0.25) is 0 Å². The Hall–Kier alpha value is -2.27. The van der Waals surface area contributed by atoms with E-state index >= 15 is 0 Å². The summed E-state index contributed by atoms with van der Waals surface area (Å²) in [7, 11) is 0. The van der Waals surface area contributed by atoms with Crippen molar-refractivity contribution in [3.05, 3.63) is 54.0 Å². The topological polar surface area (TPSA) is 45.9 Å². The van der Waals surface area contributed by atoms with Gasteiger partial charge in [0.25, 0.3) is 5.91 Å². The maximum absolute atomic E-state index is 12.9. The number of rotatable bonds is 5. The van der Waals surface area contributed by atoms with E-state index in [2.05, 4.69) is 4.90 Å². The number of nitrogens with zero attached hydrogens (tertiary/aromatic N) is 2. The molecule has 2 aromatic rings. The van der Waals surface area contributed by atoms with E-state index in [4.69, 9.17) is 9.15 Å². The Morgan fingerprint density at radius 2 is 1.77 bits per heavy atom. The summed E-state index contributed by atoms with van der Waals surface area (Å²) < 4.78 is 11.3. The molecule has 1 aromatic heterocycles. The Morgan fingerprint density at radius 3 is 2.50 bits per heavy atom. The van der Waals surface area contributed by atoms with Crippen LogP contribution in [-0.4, -0.2) is 47.9 Å². The summed E-state index contributed by atoms with van der Waals surface area (Å²) in [5.74, 6) is 1.20. The molecule has 1 aromatic carbocycles. The summed E-state index contributed by atoms with van der Waals surface area (Å²) in [5.41, 5.74) is 0.806. The van der Waals surface area contributed by atoms with Crippen molar-refractivity contribution in [1.82, 2.24) is 9.80 Å². The molecule has 0 radical (unpaired) electrons. The van der Waals surface area contributed by atoms with E-state index in [0.29, 0.717) is 18.4 Å². The standard InChI is InChI=1S/C21H26N2O3/c24-21(23-13-8-18(9-14-23)22-11-4-5-12-22)20-17(10-15-25-20)16-26-19-6-2-1-3-7-19/h1-3,6-7,10,15,18H,4-5,8-9,11-14,16H2. The van der Waals surface area contributed by atoms with E-state index in [1.807, 2.05) is 41.3 Å². The molecule has 138 valence electrons. The third-order valence-electron chi connectivity index (χ3n) is 5.49. The van der Waals surface area contributed by atoms with Crippen molar-refractivity contribution < 1.29 is 13.9 Å². The fourth-order valence-electron chi connectivity index (χ4n) is 4.00. The van der Waals surface area contributed by atoms with Gasteiger partial charge in [-0.3, -0.25) is 4.79 Å². The molecular formula is C21H26N2O3. The maximum Gasteiger partial charge on any atom is 0.289 e. The lowest BCUT2D eigenvalue weighted by atomic mass is 10.0. The average molecular weight is 354 g/mol. The first kappa shape index (κ1) is 17.2. The minimum Gasteiger partial charge on any atom is -0.489 e. The molecule has 0 atom stereocenters. The number of ether oxygens (including phenoxy) is 1. The molecule has 1 amide bonds. The van der Waals surface area contributed by atoms with Crippen LogP contribution in [-0.2, 0) is 6.61 Å². The van der Waals surface area contributed by atoms with Crippen molar-refractivity contribution in [1.29, 1.82) is 0 Å². The van der Waals surface area contributed by atoms with Gasteiger partial charge in [-0.1, -0.05) is 18.2 Å². The maximum atomic E-state index is 12.9. The predicted molar refractivity (Wildman–Crippen MR) is 99.2 cm³/mol. The highest BCUT2D eigenvalue weighted by Crippen LogP contribution is 2.23. The van der Waals surface area contributed by atoms with Crippen molar-refractivity contribution >= 4 is 5.91 Å². The monoisotopic (exact) mass is 354 g/mol. The van der Waals surface area contributed by atoms with E-state index in [-0.39, 0.29) is 5.91 Å². The lowest BCUT2D eigenvalue weighted by molar-refractivity contribution is 0.0610. The first-order chi connectivity index (χ1) is 12.8. The highest BCUT2D eigenvalue weighted by molar-refractivity contribution is 5.93. The van der Waals surface area contributed by atoms with Crippen LogP contribution in [0.4, 0.5) is 0 Å². The Labute approximate surface area is 154 Å². The molecule has 0 spiro atoms. The minimum atomic E-state index is -0.0125. The SMILES string of the molecule is O=C(c1occc1COc1ccccc1)N1CCC(N2CCCC2)CC1. The lowest BCUT2D eigenvalue weighted by Gasteiger charge is -2.36. The number of likely N-dealkylation sites (tertiary alicyclic amines) is 2. The van der Waals surface area contributed by atoms with Crippen molar-refractivity contribution in [3.8, 4) is 5.75 Å². The number of hydrogen-bond donors (Lipinski definition) is 0. The van der Waals surface area contributed by atoms with Crippen molar-refractivity contribution in [2.24, 2.45) is 0 Å². The molecule has 0 saturated carbocycles.